The first-order valence-electron chi connectivity index (χ1n) is 4.77. The lowest BCUT2D eigenvalue weighted by molar-refractivity contribution is 0.619. The third-order valence-corrected chi connectivity index (χ3v) is 3.27. The van der Waals surface area contributed by atoms with Crippen molar-refractivity contribution in [2.75, 3.05) is 0 Å². The monoisotopic (exact) mass is 300 g/mol. The van der Waals surface area contributed by atoms with E-state index in [0.717, 1.165) is 16.6 Å². The first-order valence-corrected chi connectivity index (χ1v) is 6.44. The van der Waals surface area contributed by atoms with Crippen LogP contribution in [0.3, 0.4) is 0 Å². The summed E-state index contributed by atoms with van der Waals surface area (Å²) in [7, 11) is 0. The average molecular weight is 301 g/mol. The van der Waals surface area contributed by atoms with E-state index in [0.29, 0.717) is 6.54 Å². The van der Waals surface area contributed by atoms with Crippen LogP contribution in [0, 0.1) is 5.82 Å². The molecule has 0 radical (unpaired) electrons. The Bertz CT molecular complexity index is 439. The van der Waals surface area contributed by atoms with Gasteiger partial charge in [0.05, 0.1) is 5.51 Å². The maximum atomic E-state index is 13.1. The van der Waals surface area contributed by atoms with E-state index in [-0.39, 0.29) is 5.82 Å². The summed E-state index contributed by atoms with van der Waals surface area (Å²) in [6.07, 6.45) is 1.83. The molecule has 0 atom stereocenters. The van der Waals surface area contributed by atoms with Crippen LogP contribution in [-0.2, 0) is 13.1 Å². The minimum absolute atomic E-state index is 0.219. The van der Waals surface area contributed by atoms with Crippen molar-refractivity contribution in [2.45, 2.75) is 13.1 Å². The Morgan fingerprint density at radius 1 is 1.31 bits per heavy atom. The van der Waals surface area contributed by atoms with Crippen molar-refractivity contribution in [3.05, 3.63) is 50.6 Å². The predicted molar refractivity (Wildman–Crippen MR) is 66.8 cm³/mol. The molecule has 0 aliphatic rings. The molecule has 1 aromatic carbocycles. The van der Waals surface area contributed by atoms with Crippen LogP contribution in [-0.4, -0.2) is 4.98 Å². The molecule has 0 fully saturated rings. The molecule has 5 heteroatoms. The highest BCUT2D eigenvalue weighted by molar-refractivity contribution is 9.10. The molecule has 2 rings (SSSR count). The molecule has 0 saturated heterocycles. The minimum Gasteiger partial charge on any atom is -0.308 e. The van der Waals surface area contributed by atoms with Crippen molar-refractivity contribution in [2.24, 2.45) is 0 Å². The molecule has 0 aliphatic heterocycles. The summed E-state index contributed by atoms with van der Waals surface area (Å²) in [5.74, 6) is -0.219. The van der Waals surface area contributed by atoms with Gasteiger partial charge in [0.15, 0.2) is 0 Å². The SMILES string of the molecule is Fc1cc(Br)cc(CNCc2cncs2)c1. The van der Waals surface area contributed by atoms with Crippen molar-refractivity contribution in [3.8, 4) is 0 Å². The van der Waals surface area contributed by atoms with Gasteiger partial charge in [-0.3, -0.25) is 4.98 Å². The third-order valence-electron chi connectivity index (χ3n) is 2.03. The fraction of sp³-hybridized carbons (Fsp3) is 0.182. The van der Waals surface area contributed by atoms with Gasteiger partial charge in [0.25, 0.3) is 0 Å². The average Bonchev–Trinajstić information content (AvgIpc) is 2.69. The largest absolute Gasteiger partial charge is 0.308 e. The van der Waals surface area contributed by atoms with Crippen LogP contribution in [0.1, 0.15) is 10.4 Å². The molecular formula is C11H10BrFN2S. The van der Waals surface area contributed by atoms with Crippen molar-refractivity contribution in [1.29, 1.82) is 0 Å². The Hall–Kier alpha value is -0.780. The third kappa shape index (κ3) is 3.37. The van der Waals surface area contributed by atoms with Crippen molar-refractivity contribution < 1.29 is 4.39 Å². The highest BCUT2D eigenvalue weighted by atomic mass is 79.9. The summed E-state index contributed by atoms with van der Waals surface area (Å²) >= 11 is 4.88. The lowest BCUT2D eigenvalue weighted by Crippen LogP contribution is -2.11. The summed E-state index contributed by atoms with van der Waals surface area (Å²) in [5, 5.41) is 3.24. The molecule has 0 bridgehead atoms. The van der Waals surface area contributed by atoms with Gasteiger partial charge in [-0.15, -0.1) is 11.3 Å². The van der Waals surface area contributed by atoms with Gasteiger partial charge in [-0.25, -0.2) is 4.39 Å². The number of rotatable bonds is 4. The number of nitrogens with zero attached hydrogens (tertiary/aromatic N) is 1. The molecule has 0 amide bonds. The molecule has 0 aliphatic carbocycles. The molecule has 1 N–H and O–H groups in total. The zero-order valence-electron chi connectivity index (χ0n) is 8.41. The number of thiazole rings is 1. The quantitative estimate of drug-likeness (QED) is 0.937. The van der Waals surface area contributed by atoms with Gasteiger partial charge in [-0.2, -0.15) is 0 Å². The maximum Gasteiger partial charge on any atom is 0.124 e. The van der Waals surface area contributed by atoms with Gasteiger partial charge < -0.3 is 5.32 Å². The molecular weight excluding hydrogens is 291 g/mol. The van der Waals surface area contributed by atoms with Crippen LogP contribution >= 0.6 is 27.3 Å². The zero-order chi connectivity index (χ0) is 11.4. The topological polar surface area (TPSA) is 24.9 Å². The van der Waals surface area contributed by atoms with E-state index >= 15 is 0 Å². The summed E-state index contributed by atoms with van der Waals surface area (Å²) in [6.45, 7) is 1.41. The van der Waals surface area contributed by atoms with Crippen LogP contribution in [0.5, 0.6) is 0 Å². The second kappa shape index (κ2) is 5.52. The second-order valence-corrected chi connectivity index (χ2v) is 5.24. The molecule has 1 heterocycles. The van der Waals surface area contributed by atoms with Crippen molar-refractivity contribution in [1.82, 2.24) is 10.3 Å². The summed E-state index contributed by atoms with van der Waals surface area (Å²) in [5.41, 5.74) is 2.73. The normalized spacial score (nSPS) is 10.6. The lowest BCUT2D eigenvalue weighted by Gasteiger charge is -2.04. The Labute approximate surface area is 106 Å². The molecule has 84 valence electrons. The smallest absolute Gasteiger partial charge is 0.124 e. The molecule has 0 spiro atoms. The van der Waals surface area contributed by atoms with E-state index in [9.17, 15) is 4.39 Å². The summed E-state index contributed by atoms with van der Waals surface area (Å²) < 4.78 is 13.8. The van der Waals surface area contributed by atoms with Crippen molar-refractivity contribution >= 4 is 27.3 Å². The van der Waals surface area contributed by atoms with E-state index in [4.69, 9.17) is 0 Å². The lowest BCUT2D eigenvalue weighted by atomic mass is 10.2. The Kier molecular flexibility index (Phi) is 4.04. The number of halogens is 2. The molecule has 1 aromatic heterocycles. The fourth-order valence-electron chi connectivity index (χ4n) is 1.37. The Morgan fingerprint density at radius 3 is 2.88 bits per heavy atom. The fourth-order valence-corrected chi connectivity index (χ4v) is 2.45. The number of hydrogen-bond acceptors (Lipinski definition) is 3. The zero-order valence-corrected chi connectivity index (χ0v) is 10.8. The maximum absolute atomic E-state index is 13.1. The number of aromatic nitrogens is 1. The first kappa shape index (κ1) is 11.7. The number of hydrogen-bond donors (Lipinski definition) is 1. The molecule has 0 unspecified atom stereocenters. The number of benzene rings is 1. The van der Waals surface area contributed by atoms with E-state index in [1.165, 1.54) is 17.0 Å². The Balaban J connectivity index is 1.89. The van der Waals surface area contributed by atoms with Gasteiger partial charge in [0.2, 0.25) is 0 Å². The highest BCUT2D eigenvalue weighted by Gasteiger charge is 1.99. The molecule has 2 nitrogen and oxygen atoms in total. The van der Waals surface area contributed by atoms with E-state index < -0.39 is 0 Å². The van der Waals surface area contributed by atoms with E-state index in [1.54, 1.807) is 16.8 Å². The highest BCUT2D eigenvalue weighted by Crippen LogP contribution is 2.15. The van der Waals surface area contributed by atoms with Crippen LogP contribution in [0.15, 0.2) is 34.4 Å². The molecule has 16 heavy (non-hydrogen) atoms. The van der Waals surface area contributed by atoms with E-state index in [2.05, 4.69) is 26.2 Å². The minimum atomic E-state index is -0.219. The number of nitrogens with one attached hydrogen (secondary N) is 1. The van der Waals surface area contributed by atoms with Gasteiger partial charge in [-0.05, 0) is 23.8 Å². The van der Waals surface area contributed by atoms with Crippen molar-refractivity contribution in [3.63, 3.8) is 0 Å². The van der Waals surface area contributed by atoms with Crippen LogP contribution in [0.25, 0.3) is 0 Å². The second-order valence-electron chi connectivity index (χ2n) is 3.35. The summed E-state index contributed by atoms with van der Waals surface area (Å²) in [6, 6.07) is 4.89. The van der Waals surface area contributed by atoms with Crippen LogP contribution in [0.2, 0.25) is 0 Å². The van der Waals surface area contributed by atoms with Gasteiger partial charge >= 0.3 is 0 Å². The van der Waals surface area contributed by atoms with Gasteiger partial charge in [0, 0.05) is 28.6 Å². The molecule has 0 saturated carbocycles. The Morgan fingerprint density at radius 2 is 2.19 bits per heavy atom. The molecule has 2 aromatic rings. The predicted octanol–water partition coefficient (Wildman–Crippen LogP) is 3.33. The van der Waals surface area contributed by atoms with Gasteiger partial charge in [0.1, 0.15) is 5.82 Å². The van der Waals surface area contributed by atoms with Crippen LogP contribution in [0.4, 0.5) is 4.39 Å². The first-order chi connectivity index (χ1) is 7.74. The van der Waals surface area contributed by atoms with E-state index in [1.807, 2.05) is 12.3 Å². The van der Waals surface area contributed by atoms with Crippen LogP contribution < -0.4 is 5.32 Å². The summed E-state index contributed by atoms with van der Waals surface area (Å²) in [4.78, 5) is 5.16. The van der Waals surface area contributed by atoms with Gasteiger partial charge in [-0.1, -0.05) is 15.9 Å². The standard InChI is InChI=1S/C11H10BrFN2S/c12-9-1-8(2-10(13)3-9)4-14-5-11-6-15-7-16-11/h1-3,6-7,14H,4-5H2.